The molecule has 1 aromatic heterocycles. The number of carbonyl (C=O) groups is 1. The van der Waals surface area contributed by atoms with Crippen molar-refractivity contribution in [3.05, 3.63) is 28.8 Å². The highest BCUT2D eigenvalue weighted by Crippen LogP contribution is 2.30. The summed E-state index contributed by atoms with van der Waals surface area (Å²) in [6.07, 6.45) is 3.26. The van der Waals surface area contributed by atoms with E-state index in [-0.39, 0.29) is 41.3 Å². The predicted molar refractivity (Wildman–Crippen MR) is 92.0 cm³/mol. The minimum absolute atomic E-state index is 0.0384. The first kappa shape index (κ1) is 17.3. The topological polar surface area (TPSA) is 125 Å². The molecule has 1 unspecified atom stereocenters. The second-order valence-corrected chi connectivity index (χ2v) is 5.97. The molecule has 134 valence electrons. The summed E-state index contributed by atoms with van der Waals surface area (Å²) in [5, 5.41) is 16.1. The number of nitrogens with one attached hydrogen (secondary N) is 4. The Hall–Kier alpha value is -2.52. The third kappa shape index (κ3) is 3.20. The van der Waals surface area contributed by atoms with E-state index < -0.39 is 11.7 Å². The summed E-state index contributed by atoms with van der Waals surface area (Å²) in [6, 6.07) is -0.454. The van der Waals surface area contributed by atoms with Crippen molar-refractivity contribution in [2.45, 2.75) is 25.0 Å². The van der Waals surface area contributed by atoms with Crippen LogP contribution in [-0.2, 0) is 11.3 Å². The average Bonchev–Trinajstić information content (AvgIpc) is 3.00. The van der Waals surface area contributed by atoms with Crippen LogP contribution in [0.15, 0.2) is 6.20 Å². The van der Waals surface area contributed by atoms with Gasteiger partial charge < -0.3 is 31.8 Å². The molecule has 0 saturated carbocycles. The van der Waals surface area contributed by atoms with Crippen LogP contribution in [0.1, 0.15) is 28.0 Å². The van der Waals surface area contributed by atoms with Crippen LogP contribution in [0.25, 0.3) is 5.57 Å². The molecule has 0 aromatic carbocycles. The van der Waals surface area contributed by atoms with Crippen molar-refractivity contribution in [1.82, 2.24) is 15.6 Å². The Morgan fingerprint density at radius 1 is 1.56 bits per heavy atom. The van der Waals surface area contributed by atoms with Crippen molar-refractivity contribution >= 4 is 23.5 Å². The lowest BCUT2D eigenvalue weighted by atomic mass is 10.0. The van der Waals surface area contributed by atoms with Crippen molar-refractivity contribution in [1.29, 1.82) is 5.41 Å². The Bertz CT molecular complexity index is 736. The number of carbonyl (C=O) groups excluding carboxylic acids is 1. The number of halogens is 1. The van der Waals surface area contributed by atoms with Crippen molar-refractivity contribution < 1.29 is 13.9 Å². The molecule has 8 nitrogen and oxygen atoms in total. The maximum absolute atomic E-state index is 14.9. The van der Waals surface area contributed by atoms with Gasteiger partial charge >= 0.3 is 0 Å². The molecule has 1 amide bonds. The quantitative estimate of drug-likeness (QED) is 0.484. The van der Waals surface area contributed by atoms with E-state index in [1.165, 1.54) is 0 Å². The van der Waals surface area contributed by atoms with Crippen LogP contribution < -0.4 is 21.7 Å². The molecule has 9 heteroatoms. The highest BCUT2D eigenvalue weighted by molar-refractivity contribution is 6.13. The lowest BCUT2D eigenvalue weighted by molar-refractivity contribution is 0.0751. The van der Waals surface area contributed by atoms with Crippen molar-refractivity contribution in [3.8, 4) is 0 Å². The van der Waals surface area contributed by atoms with Gasteiger partial charge in [-0.25, -0.2) is 9.37 Å². The number of aromatic nitrogens is 1. The van der Waals surface area contributed by atoms with E-state index in [0.717, 1.165) is 6.21 Å². The SMILES string of the molecule is CN/C=C(\C=N)c1nc(NC2CCOC[C@@H]2N)c(F)c2c1C(=O)NC2. The summed E-state index contributed by atoms with van der Waals surface area (Å²) in [5.41, 5.74) is 7.09. The van der Waals surface area contributed by atoms with Crippen molar-refractivity contribution in [3.63, 3.8) is 0 Å². The molecule has 3 rings (SSSR count). The number of allylic oxidation sites excluding steroid dienone is 1. The molecule has 2 atom stereocenters. The largest absolute Gasteiger partial charge is 0.393 e. The van der Waals surface area contributed by atoms with Gasteiger partial charge in [0.25, 0.3) is 5.91 Å². The molecular weight excluding hydrogens is 327 g/mol. The first-order valence-electron chi connectivity index (χ1n) is 8.05. The van der Waals surface area contributed by atoms with Gasteiger partial charge in [-0.05, 0) is 6.42 Å². The smallest absolute Gasteiger partial charge is 0.254 e. The molecule has 3 heterocycles. The fraction of sp³-hybridized carbons (Fsp3) is 0.438. The van der Waals surface area contributed by atoms with E-state index in [1.807, 2.05) is 0 Å². The standard InChI is InChI=1S/C16H21FN6O2/c1-20-5-8(4-18)14-12-9(6-21-16(12)24)13(17)15(23-14)22-11-2-3-25-7-10(11)19/h4-5,10-11,18,20H,2-3,6-7,19H2,1H3,(H,21,24)(H,22,23)/b8-5+,18-4?/t10-,11?/m0/s1. The van der Waals surface area contributed by atoms with Crippen LogP contribution >= 0.6 is 0 Å². The molecule has 25 heavy (non-hydrogen) atoms. The van der Waals surface area contributed by atoms with Crippen LogP contribution in [0, 0.1) is 11.2 Å². The molecule has 0 bridgehead atoms. The Morgan fingerprint density at radius 2 is 2.36 bits per heavy atom. The van der Waals surface area contributed by atoms with Gasteiger partial charge in [-0.2, -0.15) is 0 Å². The highest BCUT2D eigenvalue weighted by atomic mass is 19.1. The number of amides is 1. The zero-order valence-electron chi connectivity index (χ0n) is 13.9. The van der Waals surface area contributed by atoms with Gasteiger partial charge in [0.15, 0.2) is 11.6 Å². The van der Waals surface area contributed by atoms with Gasteiger partial charge in [0.2, 0.25) is 0 Å². The summed E-state index contributed by atoms with van der Waals surface area (Å²) in [6.45, 7) is 1.02. The zero-order valence-corrected chi connectivity index (χ0v) is 13.9. The molecule has 0 aliphatic carbocycles. The van der Waals surface area contributed by atoms with Gasteiger partial charge in [-0.1, -0.05) is 0 Å². The van der Waals surface area contributed by atoms with Gasteiger partial charge in [0, 0.05) is 55.8 Å². The Kier molecular flexibility index (Phi) is 4.95. The Morgan fingerprint density at radius 3 is 3.04 bits per heavy atom. The number of fused-ring (bicyclic) bond motifs is 1. The molecule has 1 aromatic rings. The van der Waals surface area contributed by atoms with E-state index in [2.05, 4.69) is 20.9 Å². The highest BCUT2D eigenvalue weighted by Gasteiger charge is 2.32. The molecule has 1 fully saturated rings. The van der Waals surface area contributed by atoms with Gasteiger partial charge in [0.1, 0.15) is 0 Å². The fourth-order valence-electron chi connectivity index (χ4n) is 3.03. The number of anilines is 1. The molecule has 0 radical (unpaired) electrons. The van der Waals surface area contributed by atoms with Crippen molar-refractivity contribution in [2.24, 2.45) is 5.73 Å². The van der Waals surface area contributed by atoms with Crippen LogP contribution in [0.4, 0.5) is 10.2 Å². The molecule has 2 aliphatic rings. The average molecular weight is 348 g/mol. The fourth-order valence-corrected chi connectivity index (χ4v) is 3.03. The van der Waals surface area contributed by atoms with E-state index >= 15 is 0 Å². The lowest BCUT2D eigenvalue weighted by Gasteiger charge is -2.30. The third-order valence-corrected chi connectivity index (χ3v) is 4.34. The lowest BCUT2D eigenvalue weighted by Crippen LogP contribution is -2.48. The van der Waals surface area contributed by atoms with Gasteiger partial charge in [-0.3, -0.25) is 4.79 Å². The molecule has 0 spiro atoms. The van der Waals surface area contributed by atoms with Crippen molar-refractivity contribution in [2.75, 3.05) is 25.6 Å². The third-order valence-electron chi connectivity index (χ3n) is 4.34. The van der Waals surface area contributed by atoms with Crippen LogP contribution in [-0.4, -0.2) is 49.5 Å². The van der Waals surface area contributed by atoms with E-state index in [9.17, 15) is 9.18 Å². The van der Waals surface area contributed by atoms with Crippen LogP contribution in [0.5, 0.6) is 0 Å². The number of nitrogens with two attached hydrogens (primary N) is 1. The molecule has 2 aliphatic heterocycles. The Balaban J connectivity index is 2.06. The van der Waals surface area contributed by atoms with Crippen LogP contribution in [0.2, 0.25) is 0 Å². The number of rotatable bonds is 5. The zero-order chi connectivity index (χ0) is 18.0. The van der Waals surface area contributed by atoms with E-state index in [4.69, 9.17) is 15.9 Å². The second-order valence-electron chi connectivity index (χ2n) is 5.97. The minimum atomic E-state index is -0.565. The molecule has 6 N–H and O–H groups in total. The Labute approximate surface area is 144 Å². The van der Waals surface area contributed by atoms with E-state index in [1.54, 1.807) is 13.2 Å². The predicted octanol–water partition coefficient (Wildman–Crippen LogP) is 0.202. The first-order chi connectivity index (χ1) is 12.1. The maximum atomic E-state index is 14.9. The molecular formula is C16H21FN6O2. The maximum Gasteiger partial charge on any atom is 0.254 e. The van der Waals surface area contributed by atoms with Gasteiger partial charge in [0.05, 0.1) is 17.9 Å². The van der Waals surface area contributed by atoms with Gasteiger partial charge in [-0.15, -0.1) is 0 Å². The number of ether oxygens (including phenoxy) is 1. The summed E-state index contributed by atoms with van der Waals surface area (Å²) in [4.78, 5) is 16.4. The second kappa shape index (κ2) is 7.16. The summed E-state index contributed by atoms with van der Waals surface area (Å²) in [5.74, 6) is -0.921. The summed E-state index contributed by atoms with van der Waals surface area (Å²) >= 11 is 0. The number of hydrogen-bond donors (Lipinski definition) is 5. The number of nitrogens with zero attached hydrogens (tertiary/aromatic N) is 1. The monoisotopic (exact) mass is 348 g/mol. The molecule has 1 saturated heterocycles. The normalized spacial score (nSPS) is 23.0. The number of hydrogen-bond acceptors (Lipinski definition) is 7. The van der Waals surface area contributed by atoms with E-state index in [0.29, 0.717) is 25.2 Å². The number of pyridine rings is 1. The van der Waals surface area contributed by atoms with Crippen LogP contribution in [0.3, 0.4) is 0 Å². The summed E-state index contributed by atoms with van der Waals surface area (Å²) < 4.78 is 20.2. The summed E-state index contributed by atoms with van der Waals surface area (Å²) in [7, 11) is 1.67. The first-order valence-corrected chi connectivity index (χ1v) is 8.05. The minimum Gasteiger partial charge on any atom is -0.393 e.